The van der Waals surface area contributed by atoms with Crippen LogP contribution in [0.4, 0.5) is 13.2 Å². The van der Waals surface area contributed by atoms with Crippen LogP contribution >= 0.6 is 0 Å². The molecule has 29 heavy (non-hydrogen) atoms. The van der Waals surface area contributed by atoms with Crippen molar-refractivity contribution < 1.29 is 32.2 Å². The highest BCUT2D eigenvalue weighted by atomic mass is 19.4. The Balaban J connectivity index is 1.61. The van der Waals surface area contributed by atoms with E-state index < -0.39 is 11.7 Å². The summed E-state index contributed by atoms with van der Waals surface area (Å²) in [6.45, 7) is 4.60. The molecule has 1 heterocycles. The van der Waals surface area contributed by atoms with Crippen molar-refractivity contribution in [2.75, 3.05) is 19.8 Å². The second-order valence-corrected chi connectivity index (χ2v) is 7.00. The predicted octanol–water partition coefficient (Wildman–Crippen LogP) is 4.37. The molecule has 156 valence electrons. The van der Waals surface area contributed by atoms with Crippen LogP contribution < -0.4 is 19.5 Å². The topological polar surface area (TPSA) is 56.8 Å². The molecule has 3 rings (SSSR count). The largest absolute Gasteiger partial charge is 0.486 e. The number of alkyl halides is 3. The van der Waals surface area contributed by atoms with E-state index in [1.165, 1.54) is 12.1 Å². The van der Waals surface area contributed by atoms with Gasteiger partial charge >= 0.3 is 6.18 Å². The van der Waals surface area contributed by atoms with Gasteiger partial charge in [-0.2, -0.15) is 13.2 Å². The molecular formula is C21H22F3NO4. The van der Waals surface area contributed by atoms with E-state index >= 15 is 0 Å². The van der Waals surface area contributed by atoms with Gasteiger partial charge in [0.15, 0.2) is 18.1 Å². The molecule has 1 amide bonds. The van der Waals surface area contributed by atoms with Crippen LogP contribution in [0, 0.1) is 5.92 Å². The summed E-state index contributed by atoms with van der Waals surface area (Å²) < 4.78 is 54.2. The Morgan fingerprint density at radius 3 is 2.34 bits per heavy atom. The van der Waals surface area contributed by atoms with Gasteiger partial charge in [0.1, 0.15) is 19.0 Å². The van der Waals surface area contributed by atoms with Crippen molar-refractivity contribution in [1.29, 1.82) is 0 Å². The standard InChI is InChI=1S/C21H22F3NO4/c1-13(2)20(14-3-8-17-18(11-14)28-10-9-27-17)25-19(26)12-29-16-6-4-15(5-7-16)21(22,23)24/h3-8,11,13,20H,9-10,12H2,1-2H3,(H,25,26)/t20-/m0/s1. The number of amides is 1. The maximum absolute atomic E-state index is 12.6. The molecule has 0 aliphatic carbocycles. The summed E-state index contributed by atoms with van der Waals surface area (Å²) in [5.41, 5.74) is 0.0971. The van der Waals surface area contributed by atoms with Crippen LogP contribution in [0.5, 0.6) is 17.2 Å². The van der Waals surface area contributed by atoms with Crippen LogP contribution in [-0.4, -0.2) is 25.7 Å². The van der Waals surface area contributed by atoms with E-state index in [4.69, 9.17) is 14.2 Å². The fraction of sp³-hybridized carbons (Fsp3) is 0.381. The van der Waals surface area contributed by atoms with Gasteiger partial charge in [0, 0.05) is 0 Å². The highest BCUT2D eigenvalue weighted by Gasteiger charge is 2.30. The van der Waals surface area contributed by atoms with Crippen molar-refractivity contribution in [3.8, 4) is 17.2 Å². The average molecular weight is 409 g/mol. The normalized spacial score (nSPS) is 14.4. The van der Waals surface area contributed by atoms with Gasteiger partial charge in [0.05, 0.1) is 11.6 Å². The third-order valence-electron chi connectivity index (χ3n) is 4.46. The molecule has 1 aliphatic rings. The molecule has 0 saturated heterocycles. The quantitative estimate of drug-likeness (QED) is 0.770. The molecule has 2 aromatic carbocycles. The van der Waals surface area contributed by atoms with E-state index in [-0.39, 0.29) is 30.2 Å². The van der Waals surface area contributed by atoms with Crippen molar-refractivity contribution in [2.45, 2.75) is 26.1 Å². The lowest BCUT2D eigenvalue weighted by Crippen LogP contribution is -2.35. The average Bonchev–Trinajstić information content (AvgIpc) is 2.69. The predicted molar refractivity (Wildman–Crippen MR) is 100 cm³/mol. The molecule has 5 nitrogen and oxygen atoms in total. The molecule has 0 unspecified atom stereocenters. The Labute approximate surface area is 166 Å². The summed E-state index contributed by atoms with van der Waals surface area (Å²) >= 11 is 0. The summed E-state index contributed by atoms with van der Waals surface area (Å²) in [6.07, 6.45) is -4.41. The van der Waals surface area contributed by atoms with Crippen molar-refractivity contribution in [3.05, 3.63) is 53.6 Å². The highest BCUT2D eigenvalue weighted by Crippen LogP contribution is 2.34. The van der Waals surface area contributed by atoms with Gasteiger partial charge in [-0.1, -0.05) is 19.9 Å². The van der Waals surface area contributed by atoms with Crippen molar-refractivity contribution in [2.24, 2.45) is 5.92 Å². The monoisotopic (exact) mass is 409 g/mol. The number of hydrogen-bond donors (Lipinski definition) is 1. The SMILES string of the molecule is CC(C)[C@H](NC(=O)COc1ccc(C(F)(F)F)cc1)c1ccc2c(c1)OCCO2. The van der Waals surface area contributed by atoms with Gasteiger partial charge in [-0.3, -0.25) is 4.79 Å². The van der Waals surface area contributed by atoms with Gasteiger partial charge in [0.25, 0.3) is 5.91 Å². The molecule has 0 aromatic heterocycles. The van der Waals surface area contributed by atoms with Crippen LogP contribution in [0.1, 0.15) is 31.0 Å². The number of rotatable bonds is 6. The summed E-state index contributed by atoms with van der Waals surface area (Å²) in [5.74, 6) is 1.20. The van der Waals surface area contributed by atoms with E-state index in [9.17, 15) is 18.0 Å². The molecule has 1 atom stereocenters. The zero-order valence-corrected chi connectivity index (χ0v) is 16.1. The lowest BCUT2D eigenvalue weighted by Gasteiger charge is -2.25. The number of fused-ring (bicyclic) bond motifs is 1. The second kappa shape index (κ2) is 8.63. The molecule has 1 N–H and O–H groups in total. The molecule has 0 bridgehead atoms. The van der Waals surface area contributed by atoms with E-state index in [1.807, 2.05) is 32.0 Å². The fourth-order valence-electron chi connectivity index (χ4n) is 2.99. The minimum absolute atomic E-state index is 0.0904. The zero-order chi connectivity index (χ0) is 21.0. The minimum Gasteiger partial charge on any atom is -0.486 e. The number of ether oxygens (including phenoxy) is 3. The van der Waals surface area contributed by atoms with Gasteiger partial charge in [-0.25, -0.2) is 0 Å². The molecule has 0 spiro atoms. The molecule has 8 heteroatoms. The fourth-order valence-corrected chi connectivity index (χ4v) is 2.99. The summed E-state index contributed by atoms with van der Waals surface area (Å²) in [6, 6.07) is 9.46. The second-order valence-electron chi connectivity index (χ2n) is 7.00. The van der Waals surface area contributed by atoms with Crippen LogP contribution in [0.3, 0.4) is 0 Å². The Morgan fingerprint density at radius 1 is 1.07 bits per heavy atom. The zero-order valence-electron chi connectivity index (χ0n) is 16.1. The first-order chi connectivity index (χ1) is 13.7. The number of halogens is 3. The van der Waals surface area contributed by atoms with Crippen LogP contribution in [0.2, 0.25) is 0 Å². The summed E-state index contributed by atoms with van der Waals surface area (Å²) in [5, 5.41) is 2.91. The van der Waals surface area contributed by atoms with E-state index in [2.05, 4.69) is 5.32 Å². The van der Waals surface area contributed by atoms with Gasteiger partial charge in [-0.15, -0.1) is 0 Å². The summed E-state index contributed by atoms with van der Waals surface area (Å²) in [7, 11) is 0. The Hall–Kier alpha value is -2.90. The molecular weight excluding hydrogens is 387 g/mol. The Bertz CT molecular complexity index is 850. The number of carbonyl (C=O) groups excluding carboxylic acids is 1. The van der Waals surface area contributed by atoms with Crippen LogP contribution in [-0.2, 0) is 11.0 Å². The van der Waals surface area contributed by atoms with E-state index in [0.29, 0.717) is 24.7 Å². The maximum atomic E-state index is 12.6. The third-order valence-corrected chi connectivity index (χ3v) is 4.46. The van der Waals surface area contributed by atoms with E-state index in [0.717, 1.165) is 17.7 Å². The third kappa shape index (κ3) is 5.34. The number of nitrogens with one attached hydrogen (secondary N) is 1. The van der Waals surface area contributed by atoms with Gasteiger partial charge < -0.3 is 19.5 Å². The van der Waals surface area contributed by atoms with Crippen molar-refractivity contribution in [3.63, 3.8) is 0 Å². The molecule has 2 aromatic rings. The summed E-state index contributed by atoms with van der Waals surface area (Å²) in [4.78, 5) is 12.3. The maximum Gasteiger partial charge on any atom is 0.416 e. The molecule has 0 radical (unpaired) electrons. The van der Waals surface area contributed by atoms with Crippen molar-refractivity contribution in [1.82, 2.24) is 5.32 Å². The number of benzene rings is 2. The van der Waals surface area contributed by atoms with Crippen molar-refractivity contribution >= 4 is 5.91 Å². The highest BCUT2D eigenvalue weighted by molar-refractivity contribution is 5.78. The molecule has 1 aliphatic heterocycles. The van der Waals surface area contributed by atoms with Crippen LogP contribution in [0.25, 0.3) is 0 Å². The molecule has 0 fully saturated rings. The smallest absolute Gasteiger partial charge is 0.416 e. The Morgan fingerprint density at radius 2 is 1.72 bits per heavy atom. The lowest BCUT2D eigenvalue weighted by molar-refractivity contribution is -0.137. The van der Waals surface area contributed by atoms with Crippen LogP contribution in [0.15, 0.2) is 42.5 Å². The van der Waals surface area contributed by atoms with E-state index in [1.54, 1.807) is 0 Å². The number of hydrogen-bond acceptors (Lipinski definition) is 4. The first-order valence-corrected chi connectivity index (χ1v) is 9.23. The first kappa shape index (κ1) is 20.8. The van der Waals surface area contributed by atoms with Gasteiger partial charge in [-0.05, 0) is 47.9 Å². The Kier molecular flexibility index (Phi) is 6.20. The minimum atomic E-state index is -4.41. The first-order valence-electron chi connectivity index (χ1n) is 9.23. The lowest BCUT2D eigenvalue weighted by atomic mass is 9.95. The molecule has 0 saturated carbocycles. The number of carbonyl (C=O) groups is 1. The van der Waals surface area contributed by atoms with Gasteiger partial charge in [0.2, 0.25) is 0 Å².